The monoisotopic (exact) mass is 143 g/mol. The van der Waals surface area contributed by atoms with Gasteiger partial charge < -0.3 is 10.2 Å². The molecular formula is C7H13NO2. The third-order valence-electron chi connectivity index (χ3n) is 1.92. The van der Waals surface area contributed by atoms with E-state index in [1.165, 1.54) is 0 Å². The second-order valence-electron chi connectivity index (χ2n) is 2.61. The van der Waals surface area contributed by atoms with E-state index in [0.717, 1.165) is 0 Å². The molecule has 0 bridgehead atoms. The molecule has 1 fully saturated rings. The fourth-order valence-electron chi connectivity index (χ4n) is 1.31. The lowest BCUT2D eigenvalue weighted by molar-refractivity contribution is 0.144. The molecule has 1 aliphatic rings. The molecule has 0 amide bonds. The first-order valence-electron chi connectivity index (χ1n) is 3.45. The van der Waals surface area contributed by atoms with Gasteiger partial charge in [-0.15, -0.1) is 6.58 Å². The van der Waals surface area contributed by atoms with E-state index in [1.54, 1.807) is 6.08 Å². The van der Waals surface area contributed by atoms with E-state index in [1.807, 2.05) is 0 Å². The van der Waals surface area contributed by atoms with Gasteiger partial charge in [0, 0.05) is 6.04 Å². The van der Waals surface area contributed by atoms with Gasteiger partial charge in [-0.3, -0.25) is 5.32 Å². The van der Waals surface area contributed by atoms with E-state index in [2.05, 4.69) is 11.9 Å². The van der Waals surface area contributed by atoms with E-state index < -0.39 is 6.23 Å². The lowest BCUT2D eigenvalue weighted by Gasteiger charge is -2.11. The third-order valence-corrected chi connectivity index (χ3v) is 1.92. The van der Waals surface area contributed by atoms with Crippen LogP contribution in [0.2, 0.25) is 0 Å². The second kappa shape index (κ2) is 3.14. The van der Waals surface area contributed by atoms with Crippen molar-refractivity contribution < 1.29 is 10.2 Å². The Morgan fingerprint density at radius 2 is 2.40 bits per heavy atom. The number of rotatable bonds is 2. The van der Waals surface area contributed by atoms with Crippen LogP contribution in [-0.4, -0.2) is 29.1 Å². The first kappa shape index (κ1) is 7.72. The van der Waals surface area contributed by atoms with Gasteiger partial charge in [-0.05, 0) is 12.3 Å². The molecule has 1 saturated heterocycles. The lowest BCUT2D eigenvalue weighted by atomic mass is 10.0. The molecule has 1 heterocycles. The topological polar surface area (TPSA) is 52.5 Å². The van der Waals surface area contributed by atoms with Crippen molar-refractivity contribution in [2.45, 2.75) is 18.7 Å². The standard InChI is InChI=1S/C7H13NO2/c1-2-5-3-7(10)8-6(5)4-9/h2,5-10H,1,3-4H2/t5?,6-,7?/m1/s1. The minimum atomic E-state index is -0.472. The predicted octanol–water partition coefficient (Wildman–Crippen LogP) is -0.539. The molecular weight excluding hydrogens is 130 g/mol. The Labute approximate surface area is 60.4 Å². The zero-order valence-corrected chi connectivity index (χ0v) is 5.83. The number of hydrogen-bond donors (Lipinski definition) is 3. The maximum absolute atomic E-state index is 9.06. The van der Waals surface area contributed by atoms with E-state index in [4.69, 9.17) is 10.2 Å². The summed E-state index contributed by atoms with van der Waals surface area (Å²) in [7, 11) is 0. The molecule has 0 radical (unpaired) electrons. The zero-order chi connectivity index (χ0) is 7.56. The molecule has 0 saturated carbocycles. The Morgan fingerprint density at radius 1 is 1.70 bits per heavy atom. The van der Waals surface area contributed by atoms with Crippen molar-refractivity contribution >= 4 is 0 Å². The first-order chi connectivity index (χ1) is 4.77. The van der Waals surface area contributed by atoms with Crippen molar-refractivity contribution in [3.05, 3.63) is 12.7 Å². The molecule has 0 aromatic carbocycles. The normalized spacial score (nSPS) is 40.0. The van der Waals surface area contributed by atoms with Crippen LogP contribution in [-0.2, 0) is 0 Å². The van der Waals surface area contributed by atoms with Gasteiger partial charge in [-0.1, -0.05) is 6.08 Å². The summed E-state index contributed by atoms with van der Waals surface area (Å²) in [6, 6.07) is -0.00694. The van der Waals surface area contributed by atoms with Crippen LogP contribution in [0.25, 0.3) is 0 Å². The van der Waals surface area contributed by atoms with E-state index in [9.17, 15) is 0 Å². The molecule has 3 atom stereocenters. The molecule has 0 aliphatic carbocycles. The van der Waals surface area contributed by atoms with Crippen molar-refractivity contribution in [2.75, 3.05) is 6.61 Å². The Hall–Kier alpha value is -0.380. The quantitative estimate of drug-likeness (QED) is 0.455. The fourth-order valence-corrected chi connectivity index (χ4v) is 1.31. The highest BCUT2D eigenvalue weighted by Crippen LogP contribution is 2.19. The van der Waals surface area contributed by atoms with E-state index in [0.29, 0.717) is 6.42 Å². The minimum Gasteiger partial charge on any atom is -0.395 e. The number of nitrogens with one attached hydrogen (secondary N) is 1. The average Bonchev–Trinajstić information content (AvgIpc) is 2.30. The van der Waals surface area contributed by atoms with Crippen LogP contribution in [0.5, 0.6) is 0 Å². The van der Waals surface area contributed by atoms with Crippen molar-refractivity contribution in [1.29, 1.82) is 0 Å². The van der Waals surface area contributed by atoms with Gasteiger partial charge in [0.25, 0.3) is 0 Å². The van der Waals surface area contributed by atoms with Gasteiger partial charge in [-0.2, -0.15) is 0 Å². The number of aliphatic hydroxyl groups excluding tert-OH is 2. The molecule has 58 valence electrons. The smallest absolute Gasteiger partial charge is 0.105 e. The molecule has 3 nitrogen and oxygen atoms in total. The molecule has 3 N–H and O–H groups in total. The molecule has 2 unspecified atom stereocenters. The van der Waals surface area contributed by atoms with Crippen molar-refractivity contribution in [1.82, 2.24) is 5.32 Å². The Bertz CT molecular complexity index is 127. The van der Waals surface area contributed by atoms with Crippen molar-refractivity contribution in [3.63, 3.8) is 0 Å². The maximum atomic E-state index is 9.06. The highest BCUT2D eigenvalue weighted by molar-refractivity contribution is 4.95. The van der Waals surface area contributed by atoms with Crippen LogP contribution < -0.4 is 5.32 Å². The zero-order valence-electron chi connectivity index (χ0n) is 5.83. The van der Waals surface area contributed by atoms with Gasteiger partial charge in [0.1, 0.15) is 6.23 Å². The van der Waals surface area contributed by atoms with Crippen LogP contribution >= 0.6 is 0 Å². The van der Waals surface area contributed by atoms with Gasteiger partial charge in [-0.25, -0.2) is 0 Å². The summed E-state index contributed by atoms with van der Waals surface area (Å²) in [5.41, 5.74) is 0. The van der Waals surface area contributed by atoms with Crippen LogP contribution in [0.1, 0.15) is 6.42 Å². The number of hydrogen-bond acceptors (Lipinski definition) is 3. The van der Waals surface area contributed by atoms with Crippen LogP contribution in [0, 0.1) is 5.92 Å². The van der Waals surface area contributed by atoms with E-state index >= 15 is 0 Å². The van der Waals surface area contributed by atoms with Gasteiger partial charge >= 0.3 is 0 Å². The van der Waals surface area contributed by atoms with Gasteiger partial charge in [0.2, 0.25) is 0 Å². The summed E-state index contributed by atoms with van der Waals surface area (Å²) >= 11 is 0. The summed E-state index contributed by atoms with van der Waals surface area (Å²) in [6.45, 7) is 3.68. The highest BCUT2D eigenvalue weighted by atomic mass is 16.3. The van der Waals surface area contributed by atoms with Crippen molar-refractivity contribution in [2.24, 2.45) is 5.92 Å². The maximum Gasteiger partial charge on any atom is 0.105 e. The Balaban J connectivity index is 2.48. The van der Waals surface area contributed by atoms with Gasteiger partial charge in [0.05, 0.1) is 6.61 Å². The Kier molecular flexibility index (Phi) is 2.43. The molecule has 3 heteroatoms. The average molecular weight is 143 g/mol. The summed E-state index contributed by atoms with van der Waals surface area (Å²) < 4.78 is 0. The van der Waals surface area contributed by atoms with Crippen LogP contribution in [0.15, 0.2) is 12.7 Å². The summed E-state index contributed by atoms with van der Waals surface area (Å²) in [5, 5.41) is 20.7. The molecule has 0 aromatic rings. The highest BCUT2D eigenvalue weighted by Gasteiger charge is 2.29. The summed E-state index contributed by atoms with van der Waals surface area (Å²) in [4.78, 5) is 0. The van der Waals surface area contributed by atoms with Crippen LogP contribution in [0.4, 0.5) is 0 Å². The predicted molar refractivity (Wildman–Crippen MR) is 38.3 cm³/mol. The molecule has 0 spiro atoms. The third kappa shape index (κ3) is 1.37. The number of aliphatic hydroxyl groups is 2. The lowest BCUT2D eigenvalue weighted by Crippen LogP contribution is -2.33. The molecule has 1 aliphatic heterocycles. The van der Waals surface area contributed by atoms with Crippen molar-refractivity contribution in [3.8, 4) is 0 Å². The fraction of sp³-hybridized carbons (Fsp3) is 0.714. The molecule has 0 aromatic heterocycles. The molecule has 10 heavy (non-hydrogen) atoms. The largest absolute Gasteiger partial charge is 0.395 e. The second-order valence-corrected chi connectivity index (χ2v) is 2.61. The molecule has 1 rings (SSSR count). The minimum absolute atomic E-state index is 0.00694. The van der Waals surface area contributed by atoms with Crippen LogP contribution in [0.3, 0.4) is 0 Å². The van der Waals surface area contributed by atoms with E-state index in [-0.39, 0.29) is 18.6 Å². The first-order valence-corrected chi connectivity index (χ1v) is 3.45. The SMILES string of the molecule is C=CC1CC(O)N[C@@H]1CO. The Morgan fingerprint density at radius 3 is 2.80 bits per heavy atom. The summed E-state index contributed by atoms with van der Waals surface area (Å²) in [6.07, 6.45) is 1.96. The summed E-state index contributed by atoms with van der Waals surface area (Å²) in [5.74, 6) is 0.208. The van der Waals surface area contributed by atoms with Gasteiger partial charge in [0.15, 0.2) is 0 Å².